The average molecular weight is 1950 g/mol. The summed E-state index contributed by atoms with van der Waals surface area (Å²) in [5, 5.41) is 97.3. The summed E-state index contributed by atoms with van der Waals surface area (Å²) in [6.45, 7) is 12.8. The highest BCUT2D eigenvalue weighted by Gasteiger charge is 2.45. The van der Waals surface area contributed by atoms with Gasteiger partial charge in [-0.1, -0.05) is 134 Å². The van der Waals surface area contributed by atoms with Crippen LogP contribution in [-0.2, 0) is 87.9 Å². The SMILES string of the molecule is CCCC[C@@H]1NC(=O)[C@H]([C@@H](C)CC)NC(=O)[C@H](Cc2ccc(O)cc2)NC(=O)[C@H](CC(C)C)NC(=O)[C@@H]2CCCN2C(=O)[C@@H](NC(=O)[C@H](CCCNC(=N)N)NC(=O)[C@H](CCCNC(=N)N)NC(C)=O)CSSC[C@@H](C(=O)N[C@@H](CCCNC(=N)N)C(=O)N[C@@H](CCCNC(=N)N)C(N)=O)NC(=O)[C@H](C(C)C)NC(=O)[C@@H]2CCCN2C(=O)[C@H](CC(=O)O)NC(=O)[C@H](CC2CCCCC2)NC1=O. The summed E-state index contributed by atoms with van der Waals surface area (Å²) in [6, 6.07) is -17.1. The van der Waals surface area contributed by atoms with E-state index < -0.39 is 233 Å². The zero-order chi connectivity index (χ0) is 101. The van der Waals surface area contributed by atoms with E-state index >= 15 is 57.5 Å². The maximum absolute atomic E-state index is 15.9. The minimum absolute atomic E-state index is 0.000121. The molecule has 5 rings (SSSR count). The third-order valence-corrected chi connectivity index (χ3v) is 26.2. The monoisotopic (exact) mass is 1950 g/mol. The number of guanidine groups is 4. The van der Waals surface area contributed by atoms with Crippen molar-refractivity contribution in [2.75, 3.05) is 50.8 Å². The van der Waals surface area contributed by atoms with Crippen LogP contribution in [0, 0.1) is 45.3 Å². The van der Waals surface area contributed by atoms with Crippen molar-refractivity contribution in [3.8, 4) is 5.75 Å². The number of carbonyl (C=O) groups is 17. The Morgan fingerprint density at radius 3 is 1.44 bits per heavy atom. The average Bonchev–Trinajstić information content (AvgIpc) is 1.65. The highest BCUT2D eigenvalue weighted by Crippen LogP contribution is 2.30. The molecule has 33 N–H and O–H groups in total. The predicted molar refractivity (Wildman–Crippen MR) is 509 cm³/mol. The van der Waals surface area contributed by atoms with Crippen LogP contribution in [-0.4, -0.2) is 286 Å². The zero-order valence-corrected chi connectivity index (χ0v) is 80.7. The van der Waals surface area contributed by atoms with Gasteiger partial charge in [0.25, 0.3) is 0 Å². The number of phenolic OH excluding ortho intramolecular Hbond substituents is 1. The maximum Gasteiger partial charge on any atom is 0.305 e. The van der Waals surface area contributed by atoms with Gasteiger partial charge in [-0.25, -0.2) is 0 Å². The smallest absolute Gasteiger partial charge is 0.305 e. The number of amides is 16. The summed E-state index contributed by atoms with van der Waals surface area (Å²) in [4.78, 5) is 253. The Kier molecular flexibility index (Phi) is 49.5. The van der Waals surface area contributed by atoms with Crippen molar-refractivity contribution in [2.24, 2.45) is 52.3 Å². The molecule has 0 bridgehead atoms. The fraction of sp³-hybridized carbons (Fsp3) is 0.690. The number of carboxylic acid groups (broad SMARTS) is 1. The van der Waals surface area contributed by atoms with Gasteiger partial charge in [-0.15, -0.1) is 0 Å². The van der Waals surface area contributed by atoms with Crippen LogP contribution >= 0.6 is 21.6 Å². The number of aliphatic carboxylic acids is 1. The molecule has 4 fully saturated rings. The standard InChI is InChI=1S/C87H146N28O19S2/c1-9-11-23-55-72(123)106-59(41-50-21-13-12-14-22-50)75(126)109-61(43-66(118)119)82(133)114-38-20-29-65(114)79(130)112-67(47(5)6)80(131)110-62(77(128)104-56(26-17-36-99-86(93)94)71(122)102-53(69(88)120)24-15-34-97-84(89)90)44-135-136-45-63(111-73(124)57(27-18-37-100-87(95)96)103-70(121)54(101-49(8)116)25-16-35-98-85(91)92)83(134)115-39-19-28-64(115)78(129)108-58(40-46(3)4)74(125)107-60(42-51-30-32-52(117)33-31-51)76(127)113-68(48(7)10-2)81(132)105-55/h30-33,46-48,50,53-65,67-68,117H,9-29,34-45H2,1-8H3,(H2,88,120)(H,101,116)(H,102,122)(H,103,121)(H,104,128)(H,105,132)(H,106,123)(H,107,125)(H,108,129)(H,109,126)(H,110,131)(H,111,124)(H,112,130)(H,113,127)(H,118,119)(H4,89,90,97)(H4,91,92,98)(H4,93,94,99)(H4,95,96,100)/t48-,53-,54-,55-,56-,57-,58-,59-,60-,61-,62-,63-,64-,65-,67-,68-/m0/s1. The molecule has 1 aromatic rings. The number of benzene rings is 1. The van der Waals surface area contributed by atoms with Gasteiger partial charge >= 0.3 is 5.97 Å². The Morgan fingerprint density at radius 2 is 0.934 bits per heavy atom. The summed E-state index contributed by atoms with van der Waals surface area (Å²) in [6.07, 6.45) is 3.50. The van der Waals surface area contributed by atoms with E-state index in [9.17, 15) is 34.2 Å². The van der Waals surface area contributed by atoms with Gasteiger partial charge in [0, 0.05) is 64.1 Å². The first-order chi connectivity index (χ1) is 64.4. The molecular formula is C87H146N28O19S2. The van der Waals surface area contributed by atoms with Crippen LogP contribution in [0.25, 0.3) is 0 Å². The molecule has 47 nitrogen and oxygen atoms in total. The summed E-state index contributed by atoms with van der Waals surface area (Å²) >= 11 is 0. The van der Waals surface area contributed by atoms with Gasteiger partial charge in [-0.2, -0.15) is 0 Å². The first kappa shape index (κ1) is 114. The lowest BCUT2D eigenvalue weighted by Crippen LogP contribution is -2.62. The van der Waals surface area contributed by atoms with Crippen LogP contribution in [0.5, 0.6) is 5.75 Å². The molecule has 16 atom stereocenters. The van der Waals surface area contributed by atoms with Crippen LogP contribution in [0.3, 0.4) is 0 Å². The van der Waals surface area contributed by atoms with E-state index in [1.807, 2.05) is 6.92 Å². The van der Waals surface area contributed by atoms with Crippen molar-refractivity contribution < 1.29 is 91.7 Å². The van der Waals surface area contributed by atoms with Crippen LogP contribution in [0.4, 0.5) is 0 Å². The third kappa shape index (κ3) is 40.0. The van der Waals surface area contributed by atoms with E-state index in [4.69, 9.17) is 50.3 Å². The fourth-order valence-electron chi connectivity index (χ4n) is 16.3. The van der Waals surface area contributed by atoms with Crippen molar-refractivity contribution >= 4 is 146 Å². The number of fused-ring (bicyclic) bond motifs is 2. The molecule has 0 unspecified atom stereocenters. The summed E-state index contributed by atoms with van der Waals surface area (Å²) < 4.78 is 0. The number of nitrogens with two attached hydrogens (primary N) is 5. The molecule has 49 heteroatoms. The minimum atomic E-state index is -1.88. The summed E-state index contributed by atoms with van der Waals surface area (Å²) in [7, 11) is 1.65. The molecule has 4 aliphatic rings. The first-order valence-corrected chi connectivity index (χ1v) is 49.3. The lowest BCUT2D eigenvalue weighted by Gasteiger charge is -2.32. The number of hydrogen-bond donors (Lipinski definition) is 28. The van der Waals surface area contributed by atoms with Crippen molar-refractivity contribution in [3.05, 3.63) is 29.8 Å². The highest BCUT2D eigenvalue weighted by atomic mass is 33.1. The second kappa shape index (κ2) is 58.9. The number of nitrogens with one attached hydrogen (secondary N) is 21. The number of phenols is 1. The molecule has 1 aromatic carbocycles. The van der Waals surface area contributed by atoms with Gasteiger partial charge in [0.15, 0.2) is 23.8 Å². The molecule has 0 aromatic heterocycles. The second-order valence-corrected chi connectivity index (χ2v) is 38.3. The van der Waals surface area contributed by atoms with E-state index in [1.54, 1.807) is 41.5 Å². The molecule has 760 valence electrons. The van der Waals surface area contributed by atoms with E-state index in [2.05, 4.69) is 90.4 Å². The molecular weight excluding hydrogens is 1810 g/mol. The maximum atomic E-state index is 15.9. The van der Waals surface area contributed by atoms with Gasteiger partial charge in [-0.3, -0.25) is 103 Å². The number of unbranched alkanes of at least 4 members (excludes halogenated alkanes) is 1. The molecule has 0 spiro atoms. The lowest BCUT2D eigenvalue weighted by molar-refractivity contribution is -0.146. The molecule has 0 radical (unpaired) electrons. The normalized spacial score (nSPS) is 23.1. The van der Waals surface area contributed by atoms with Crippen LogP contribution in [0.15, 0.2) is 24.3 Å². The van der Waals surface area contributed by atoms with E-state index in [0.717, 1.165) is 52.7 Å². The van der Waals surface area contributed by atoms with Crippen molar-refractivity contribution in [1.82, 2.24) is 100 Å². The number of primary amides is 1. The van der Waals surface area contributed by atoms with Crippen LogP contribution in [0.2, 0.25) is 0 Å². The third-order valence-electron chi connectivity index (χ3n) is 23.8. The lowest BCUT2D eigenvalue weighted by atomic mass is 9.84. The van der Waals surface area contributed by atoms with Gasteiger partial charge in [0.2, 0.25) is 94.5 Å². The van der Waals surface area contributed by atoms with Gasteiger partial charge in [-0.05, 0) is 138 Å². The Bertz CT molecular complexity index is 4280. The largest absolute Gasteiger partial charge is 0.508 e. The van der Waals surface area contributed by atoms with Crippen LogP contribution < -0.4 is 119 Å². The van der Waals surface area contributed by atoms with Crippen molar-refractivity contribution in [3.63, 3.8) is 0 Å². The summed E-state index contributed by atoms with van der Waals surface area (Å²) in [5.41, 5.74) is 28.4. The molecule has 1 saturated carbocycles. The predicted octanol–water partition coefficient (Wildman–Crippen LogP) is -3.44. The minimum Gasteiger partial charge on any atom is -0.508 e. The number of carboxylic acids is 1. The first-order valence-electron chi connectivity index (χ1n) is 46.8. The molecule has 16 amide bonds. The van der Waals surface area contributed by atoms with Gasteiger partial charge < -0.3 is 139 Å². The van der Waals surface area contributed by atoms with Gasteiger partial charge in [0.1, 0.15) is 96.4 Å². The quantitative estimate of drug-likeness (QED) is 0.0132. The molecule has 3 saturated heterocycles. The second-order valence-electron chi connectivity index (χ2n) is 35.7. The number of carbonyl (C=O) groups excluding carboxylic acids is 16. The highest BCUT2D eigenvalue weighted by molar-refractivity contribution is 8.76. The van der Waals surface area contributed by atoms with Gasteiger partial charge in [0.05, 0.1) is 6.42 Å². The van der Waals surface area contributed by atoms with Crippen molar-refractivity contribution in [1.29, 1.82) is 21.6 Å². The molecule has 3 heterocycles. The number of hydrogen-bond acceptors (Lipinski definition) is 24. The van der Waals surface area contributed by atoms with E-state index in [1.165, 1.54) is 29.2 Å². The van der Waals surface area contributed by atoms with E-state index in [-0.39, 0.29) is 178 Å². The topological polar surface area (TPSA) is 767 Å². The van der Waals surface area contributed by atoms with E-state index in [0.29, 0.717) is 31.2 Å². The Labute approximate surface area is 800 Å². The van der Waals surface area contributed by atoms with Crippen LogP contribution in [0.1, 0.15) is 215 Å². The zero-order valence-electron chi connectivity index (χ0n) is 79.0. The Morgan fingerprint density at radius 1 is 0.485 bits per heavy atom. The molecule has 3 aliphatic heterocycles. The molecule has 1 aliphatic carbocycles. The number of nitrogens with zero attached hydrogens (tertiary/aromatic N) is 2. The fourth-order valence-corrected chi connectivity index (χ4v) is 18.6. The summed E-state index contributed by atoms with van der Waals surface area (Å²) in [5.74, 6) is -21.1. The Balaban J connectivity index is 1.76. The van der Waals surface area contributed by atoms with Crippen molar-refractivity contribution in [2.45, 2.75) is 307 Å². The number of rotatable bonds is 40. The molecule has 136 heavy (non-hydrogen) atoms. The Hall–Kier alpha value is -12.2. The number of aromatic hydroxyl groups is 1.